The fraction of sp³-hybridized carbons (Fsp3) is 0. The second-order valence-electron chi connectivity index (χ2n) is 5.65. The Morgan fingerprint density at radius 1 is 0.667 bits per heavy atom. The molecule has 0 radical (unpaired) electrons. The Labute approximate surface area is 163 Å². The highest BCUT2D eigenvalue weighted by Gasteiger charge is 2.33. The quantitative estimate of drug-likeness (QED) is 0.607. The number of sulfone groups is 2. The Balaban J connectivity index is 2.28. The Bertz CT molecular complexity index is 1110. The van der Waals surface area contributed by atoms with Crippen LogP contribution in [0.1, 0.15) is 5.56 Å². The van der Waals surface area contributed by atoms with Gasteiger partial charge >= 0.3 is 0 Å². The second kappa shape index (κ2) is 7.68. The summed E-state index contributed by atoms with van der Waals surface area (Å²) in [7, 11) is -8.58. The summed E-state index contributed by atoms with van der Waals surface area (Å²) in [5, 5.41) is 0.373. The number of hydrogen-bond donors (Lipinski definition) is 0. The molecule has 0 fully saturated rings. The van der Waals surface area contributed by atoms with E-state index in [4.69, 9.17) is 11.6 Å². The van der Waals surface area contributed by atoms with Gasteiger partial charge in [0.1, 0.15) is 0 Å². The molecule has 3 rings (SSSR count). The van der Waals surface area contributed by atoms with Gasteiger partial charge in [0.2, 0.25) is 19.7 Å². The molecule has 3 aromatic carbocycles. The van der Waals surface area contributed by atoms with Crippen molar-refractivity contribution in [1.82, 2.24) is 0 Å². The summed E-state index contributed by atoms with van der Waals surface area (Å²) < 4.78 is 51.9. The number of rotatable bonds is 5. The van der Waals surface area contributed by atoms with Crippen LogP contribution in [-0.2, 0) is 19.7 Å². The monoisotopic (exact) mass is 418 g/mol. The third-order valence-electron chi connectivity index (χ3n) is 3.77. The third kappa shape index (κ3) is 4.13. The van der Waals surface area contributed by atoms with E-state index in [0.29, 0.717) is 10.6 Å². The van der Waals surface area contributed by atoms with Crippen molar-refractivity contribution in [3.63, 3.8) is 0 Å². The van der Waals surface area contributed by atoms with E-state index in [9.17, 15) is 16.8 Å². The van der Waals surface area contributed by atoms with Crippen LogP contribution in [0.5, 0.6) is 0 Å². The highest BCUT2D eigenvalue weighted by molar-refractivity contribution is 8.14. The van der Waals surface area contributed by atoms with Crippen molar-refractivity contribution in [2.24, 2.45) is 0 Å². The van der Waals surface area contributed by atoms with Gasteiger partial charge in [-0.15, -0.1) is 0 Å². The molecule has 0 amide bonds. The maximum atomic E-state index is 13.2. The van der Waals surface area contributed by atoms with Gasteiger partial charge in [0.05, 0.1) is 9.79 Å². The van der Waals surface area contributed by atoms with Crippen LogP contribution in [0, 0.1) is 0 Å². The smallest absolute Gasteiger partial charge is 0.217 e. The Morgan fingerprint density at radius 3 is 1.59 bits per heavy atom. The fourth-order valence-corrected chi connectivity index (χ4v) is 6.47. The van der Waals surface area contributed by atoms with Gasteiger partial charge < -0.3 is 0 Å². The first kappa shape index (κ1) is 19.4. The van der Waals surface area contributed by atoms with Gasteiger partial charge in [-0.1, -0.05) is 60.1 Å². The van der Waals surface area contributed by atoms with Crippen LogP contribution in [0.15, 0.2) is 99.0 Å². The molecule has 4 nitrogen and oxygen atoms in total. The molecule has 3 aromatic rings. The van der Waals surface area contributed by atoms with Crippen molar-refractivity contribution >= 4 is 37.4 Å². The summed E-state index contributed by atoms with van der Waals surface area (Å²) in [6.45, 7) is 0. The summed E-state index contributed by atoms with van der Waals surface area (Å²) in [5.74, 6) is 0. The largest absolute Gasteiger partial charge is 0.218 e. The van der Waals surface area contributed by atoms with E-state index >= 15 is 0 Å². The van der Waals surface area contributed by atoms with Crippen LogP contribution in [0.2, 0.25) is 5.02 Å². The van der Waals surface area contributed by atoms with E-state index in [1.165, 1.54) is 30.3 Å². The molecular formula is C20H15ClO4S2. The molecule has 0 unspecified atom stereocenters. The minimum atomic E-state index is -4.29. The molecule has 0 aliphatic rings. The molecule has 0 aromatic heterocycles. The van der Waals surface area contributed by atoms with Crippen LogP contribution in [-0.4, -0.2) is 16.8 Å². The lowest BCUT2D eigenvalue weighted by atomic mass is 10.2. The summed E-state index contributed by atoms with van der Waals surface area (Å²) in [5.41, 5.74) is 0.372. The zero-order valence-electron chi connectivity index (χ0n) is 14.0. The summed E-state index contributed by atoms with van der Waals surface area (Å²) in [4.78, 5) is -0.199. The molecule has 0 spiro atoms. The number of benzene rings is 3. The maximum absolute atomic E-state index is 13.2. The highest BCUT2D eigenvalue weighted by Crippen LogP contribution is 2.31. The minimum absolute atomic E-state index is 0.0993. The first-order valence-corrected chi connectivity index (χ1v) is 11.2. The molecular weight excluding hydrogens is 404 g/mol. The molecule has 0 aliphatic heterocycles. The van der Waals surface area contributed by atoms with E-state index in [2.05, 4.69) is 0 Å². The zero-order valence-corrected chi connectivity index (χ0v) is 16.4. The van der Waals surface area contributed by atoms with Gasteiger partial charge in [-0.05, 0) is 48.0 Å². The zero-order chi connectivity index (χ0) is 19.5. The summed E-state index contributed by atoms with van der Waals surface area (Å²) >= 11 is 5.96. The van der Waals surface area contributed by atoms with Crippen LogP contribution in [0.3, 0.4) is 0 Å². The lowest BCUT2D eigenvalue weighted by molar-refractivity contribution is 0.595. The molecule has 0 bridgehead atoms. The van der Waals surface area contributed by atoms with Gasteiger partial charge in [-0.3, -0.25) is 0 Å². The van der Waals surface area contributed by atoms with Crippen LogP contribution < -0.4 is 0 Å². The average molecular weight is 419 g/mol. The van der Waals surface area contributed by atoms with Crippen molar-refractivity contribution < 1.29 is 16.8 Å². The predicted octanol–water partition coefficient (Wildman–Crippen LogP) is 4.59. The second-order valence-corrected chi connectivity index (χ2v) is 10.2. The Morgan fingerprint density at radius 2 is 1.15 bits per heavy atom. The number of hydrogen-bond acceptors (Lipinski definition) is 4. The van der Waals surface area contributed by atoms with E-state index < -0.39 is 23.9 Å². The van der Waals surface area contributed by atoms with Gasteiger partial charge in [0.15, 0.2) is 4.24 Å². The standard InChI is InChI=1S/C20H15ClO4S2/c21-17-9-7-8-16(14-17)15-20(26(22,23)18-10-3-1-4-11-18)27(24,25)19-12-5-2-6-13-19/h1-15H. The van der Waals surface area contributed by atoms with E-state index in [1.54, 1.807) is 54.6 Å². The van der Waals surface area contributed by atoms with E-state index in [1.807, 2.05) is 0 Å². The van der Waals surface area contributed by atoms with Crippen molar-refractivity contribution in [3.8, 4) is 0 Å². The van der Waals surface area contributed by atoms with Crippen molar-refractivity contribution in [2.45, 2.75) is 9.79 Å². The van der Waals surface area contributed by atoms with E-state index in [0.717, 1.165) is 6.08 Å². The minimum Gasteiger partial charge on any atom is -0.218 e. The summed E-state index contributed by atoms with van der Waals surface area (Å²) in [6, 6.07) is 21.3. The lowest BCUT2D eigenvalue weighted by Gasteiger charge is -2.11. The summed E-state index contributed by atoms with van der Waals surface area (Å²) in [6.07, 6.45) is 1.14. The first-order chi connectivity index (χ1) is 12.8. The molecule has 7 heteroatoms. The van der Waals surface area contributed by atoms with Gasteiger partial charge in [-0.25, -0.2) is 16.8 Å². The van der Waals surface area contributed by atoms with Crippen molar-refractivity contribution in [1.29, 1.82) is 0 Å². The third-order valence-corrected chi connectivity index (χ3v) is 8.40. The van der Waals surface area contributed by atoms with Gasteiger partial charge in [0, 0.05) is 5.02 Å². The molecule has 0 aliphatic carbocycles. The van der Waals surface area contributed by atoms with Crippen LogP contribution >= 0.6 is 11.6 Å². The average Bonchev–Trinajstić information content (AvgIpc) is 2.67. The van der Waals surface area contributed by atoms with Gasteiger partial charge in [0.25, 0.3) is 0 Å². The highest BCUT2D eigenvalue weighted by atomic mass is 35.5. The molecule has 0 saturated carbocycles. The molecule has 0 heterocycles. The fourth-order valence-electron chi connectivity index (χ4n) is 2.46. The van der Waals surface area contributed by atoms with E-state index in [-0.39, 0.29) is 9.79 Å². The van der Waals surface area contributed by atoms with Crippen molar-refractivity contribution in [3.05, 3.63) is 99.8 Å². The number of halogens is 1. The molecule has 0 atom stereocenters. The van der Waals surface area contributed by atoms with Gasteiger partial charge in [-0.2, -0.15) is 0 Å². The lowest BCUT2D eigenvalue weighted by Crippen LogP contribution is -2.15. The predicted molar refractivity (Wildman–Crippen MR) is 107 cm³/mol. The van der Waals surface area contributed by atoms with Crippen LogP contribution in [0.4, 0.5) is 0 Å². The maximum Gasteiger partial charge on any atom is 0.217 e. The Hall–Kier alpha value is -2.41. The van der Waals surface area contributed by atoms with Crippen molar-refractivity contribution in [2.75, 3.05) is 0 Å². The molecule has 138 valence electrons. The molecule has 0 N–H and O–H groups in total. The van der Waals surface area contributed by atoms with Crippen LogP contribution in [0.25, 0.3) is 6.08 Å². The molecule has 27 heavy (non-hydrogen) atoms. The first-order valence-electron chi connectivity index (χ1n) is 7.89. The Kier molecular flexibility index (Phi) is 5.51. The molecule has 0 saturated heterocycles. The SMILES string of the molecule is O=S(=O)(C(=Cc1cccc(Cl)c1)S(=O)(=O)c1ccccc1)c1ccccc1. The topological polar surface area (TPSA) is 68.3 Å². The normalized spacial score (nSPS) is 11.7.